The molecular formula is C17H25N3O4. The van der Waals surface area contributed by atoms with E-state index in [9.17, 15) is 9.59 Å². The van der Waals surface area contributed by atoms with Crippen molar-refractivity contribution in [1.82, 2.24) is 9.78 Å². The van der Waals surface area contributed by atoms with Crippen LogP contribution in [0.2, 0.25) is 0 Å². The number of esters is 2. The molecular weight excluding hydrogens is 310 g/mol. The van der Waals surface area contributed by atoms with E-state index >= 15 is 0 Å². The van der Waals surface area contributed by atoms with Gasteiger partial charge in [0.2, 0.25) is 0 Å². The normalized spacial score (nSPS) is 14.3. The van der Waals surface area contributed by atoms with Crippen molar-refractivity contribution in [1.29, 1.82) is 0 Å². The van der Waals surface area contributed by atoms with Crippen molar-refractivity contribution in [3.05, 3.63) is 23.5 Å². The molecule has 1 aromatic rings. The number of nitrogens with zero attached hydrogens (tertiary/aromatic N) is 2. The monoisotopic (exact) mass is 335 g/mol. The van der Waals surface area contributed by atoms with Gasteiger partial charge in [0.15, 0.2) is 5.57 Å². The smallest absolute Gasteiger partial charge is 0.347 e. The van der Waals surface area contributed by atoms with Crippen molar-refractivity contribution < 1.29 is 19.1 Å². The first-order valence-corrected chi connectivity index (χ1v) is 8.43. The van der Waals surface area contributed by atoms with Gasteiger partial charge < -0.3 is 14.8 Å². The molecule has 1 aliphatic rings. The van der Waals surface area contributed by atoms with Crippen LogP contribution < -0.4 is 5.32 Å². The first-order chi connectivity index (χ1) is 11.6. The van der Waals surface area contributed by atoms with Gasteiger partial charge in [-0.3, -0.25) is 0 Å². The standard InChI is InChI=1S/C17H25N3O4/c1-4-23-16(21)14(17(22)24-5-2)11-18-15-10-12(3)19-20(15)13-8-6-7-9-13/h10-11,13,18H,4-9H2,1-3H3. The number of hydrogen-bond donors (Lipinski definition) is 1. The second-order valence-corrected chi connectivity index (χ2v) is 5.70. The van der Waals surface area contributed by atoms with E-state index in [1.165, 1.54) is 19.0 Å². The number of aromatic nitrogens is 2. The molecule has 0 aliphatic heterocycles. The Labute approximate surface area is 142 Å². The van der Waals surface area contributed by atoms with Crippen molar-refractivity contribution in [2.45, 2.75) is 52.5 Å². The highest BCUT2D eigenvalue weighted by Gasteiger charge is 2.23. The summed E-state index contributed by atoms with van der Waals surface area (Å²) in [5.41, 5.74) is 0.724. The molecule has 0 radical (unpaired) electrons. The molecule has 132 valence electrons. The van der Waals surface area contributed by atoms with Crippen molar-refractivity contribution in [3.8, 4) is 0 Å². The van der Waals surface area contributed by atoms with Gasteiger partial charge in [0.25, 0.3) is 0 Å². The van der Waals surface area contributed by atoms with Crippen molar-refractivity contribution in [3.63, 3.8) is 0 Å². The van der Waals surface area contributed by atoms with Crippen LogP contribution in [0.25, 0.3) is 0 Å². The lowest BCUT2D eigenvalue weighted by molar-refractivity contribution is -0.146. The average molecular weight is 335 g/mol. The van der Waals surface area contributed by atoms with Crippen molar-refractivity contribution in [2.24, 2.45) is 0 Å². The maximum Gasteiger partial charge on any atom is 0.347 e. The predicted octanol–water partition coefficient (Wildman–Crippen LogP) is 2.73. The maximum absolute atomic E-state index is 12.0. The minimum Gasteiger partial charge on any atom is -0.462 e. The summed E-state index contributed by atoms with van der Waals surface area (Å²) in [5.74, 6) is -0.648. The van der Waals surface area contributed by atoms with Gasteiger partial charge >= 0.3 is 11.9 Å². The van der Waals surface area contributed by atoms with E-state index in [1.54, 1.807) is 13.8 Å². The highest BCUT2D eigenvalue weighted by atomic mass is 16.6. The van der Waals surface area contributed by atoms with Crippen LogP contribution in [0.3, 0.4) is 0 Å². The van der Waals surface area contributed by atoms with Gasteiger partial charge in [-0.1, -0.05) is 12.8 Å². The van der Waals surface area contributed by atoms with Gasteiger partial charge in [0.05, 0.1) is 24.9 Å². The first-order valence-electron chi connectivity index (χ1n) is 8.43. The van der Waals surface area contributed by atoms with E-state index in [-0.39, 0.29) is 18.8 Å². The summed E-state index contributed by atoms with van der Waals surface area (Å²) in [6.45, 7) is 5.67. The van der Waals surface area contributed by atoms with E-state index < -0.39 is 11.9 Å². The number of hydrogen-bond acceptors (Lipinski definition) is 6. The Hall–Kier alpha value is -2.31. The molecule has 0 bridgehead atoms. The van der Waals surface area contributed by atoms with E-state index in [0.29, 0.717) is 6.04 Å². The largest absolute Gasteiger partial charge is 0.462 e. The molecule has 1 fully saturated rings. The van der Waals surface area contributed by atoms with E-state index in [1.807, 2.05) is 17.7 Å². The third-order valence-electron chi connectivity index (χ3n) is 3.88. The Bertz CT molecular complexity index is 595. The SMILES string of the molecule is CCOC(=O)C(=CNc1cc(C)nn1C1CCCC1)C(=O)OCC. The maximum atomic E-state index is 12.0. The van der Waals surface area contributed by atoms with Crippen LogP contribution in [0.1, 0.15) is 51.3 Å². The molecule has 0 atom stereocenters. The number of anilines is 1. The quantitative estimate of drug-likeness (QED) is 0.357. The minimum atomic E-state index is -0.702. The fourth-order valence-corrected chi connectivity index (χ4v) is 2.82. The molecule has 1 N–H and O–H groups in total. The second kappa shape index (κ2) is 8.52. The Balaban J connectivity index is 2.21. The minimum absolute atomic E-state index is 0.157. The summed E-state index contributed by atoms with van der Waals surface area (Å²) in [7, 11) is 0. The van der Waals surface area contributed by atoms with Gasteiger partial charge in [-0.05, 0) is 33.6 Å². The van der Waals surface area contributed by atoms with Crippen molar-refractivity contribution in [2.75, 3.05) is 18.5 Å². The summed E-state index contributed by atoms with van der Waals surface area (Å²) >= 11 is 0. The van der Waals surface area contributed by atoms with Crippen LogP contribution in [-0.2, 0) is 19.1 Å². The molecule has 0 aromatic carbocycles. The molecule has 1 aromatic heterocycles. The summed E-state index contributed by atoms with van der Waals surface area (Å²) in [5, 5.41) is 7.55. The third-order valence-corrected chi connectivity index (χ3v) is 3.88. The van der Waals surface area contributed by atoms with Gasteiger partial charge in [0, 0.05) is 12.3 Å². The number of ether oxygens (including phenoxy) is 2. The highest BCUT2D eigenvalue weighted by molar-refractivity contribution is 6.14. The van der Waals surface area contributed by atoms with Crippen LogP contribution >= 0.6 is 0 Å². The molecule has 1 heterocycles. The van der Waals surface area contributed by atoms with E-state index in [0.717, 1.165) is 24.4 Å². The van der Waals surface area contributed by atoms with E-state index in [4.69, 9.17) is 9.47 Å². The lowest BCUT2D eigenvalue weighted by atomic mass is 10.2. The Morgan fingerprint density at radius 3 is 2.38 bits per heavy atom. The molecule has 24 heavy (non-hydrogen) atoms. The van der Waals surface area contributed by atoms with Crippen LogP contribution in [0.15, 0.2) is 17.8 Å². The first kappa shape index (κ1) is 18.0. The number of carbonyl (C=O) groups is 2. The molecule has 7 nitrogen and oxygen atoms in total. The fraction of sp³-hybridized carbons (Fsp3) is 0.588. The summed E-state index contributed by atoms with van der Waals surface area (Å²) < 4.78 is 11.8. The van der Waals surface area contributed by atoms with Crippen LogP contribution in [0.4, 0.5) is 5.82 Å². The summed E-state index contributed by atoms with van der Waals surface area (Å²) in [6, 6.07) is 2.24. The zero-order chi connectivity index (χ0) is 17.5. The number of carbonyl (C=O) groups excluding carboxylic acids is 2. The molecule has 1 aliphatic carbocycles. The van der Waals surface area contributed by atoms with Gasteiger partial charge in [-0.2, -0.15) is 5.10 Å². The van der Waals surface area contributed by atoms with Gasteiger partial charge in [-0.25, -0.2) is 14.3 Å². The van der Waals surface area contributed by atoms with Crippen LogP contribution in [-0.4, -0.2) is 34.9 Å². The number of nitrogens with one attached hydrogen (secondary N) is 1. The predicted molar refractivity (Wildman–Crippen MR) is 89.4 cm³/mol. The Kier molecular flexibility index (Phi) is 6.40. The number of aryl methyl sites for hydroxylation is 1. The fourth-order valence-electron chi connectivity index (χ4n) is 2.82. The van der Waals surface area contributed by atoms with E-state index in [2.05, 4.69) is 10.4 Å². The second-order valence-electron chi connectivity index (χ2n) is 5.70. The van der Waals surface area contributed by atoms with Crippen LogP contribution in [0, 0.1) is 6.92 Å². The molecule has 7 heteroatoms. The Morgan fingerprint density at radius 1 is 1.25 bits per heavy atom. The molecule has 2 rings (SSSR count). The summed E-state index contributed by atoms with van der Waals surface area (Å²) in [4.78, 5) is 23.9. The third kappa shape index (κ3) is 4.37. The molecule has 0 unspecified atom stereocenters. The highest BCUT2D eigenvalue weighted by Crippen LogP contribution is 2.31. The molecule has 0 amide bonds. The molecule has 1 saturated carbocycles. The van der Waals surface area contributed by atoms with Crippen molar-refractivity contribution >= 4 is 17.8 Å². The number of rotatable bonds is 7. The zero-order valence-corrected chi connectivity index (χ0v) is 14.5. The summed E-state index contributed by atoms with van der Waals surface area (Å²) in [6.07, 6.45) is 5.90. The Morgan fingerprint density at radius 2 is 1.83 bits per heavy atom. The van der Waals surface area contributed by atoms with Crippen LogP contribution in [0.5, 0.6) is 0 Å². The average Bonchev–Trinajstić information content (AvgIpc) is 3.17. The zero-order valence-electron chi connectivity index (χ0n) is 14.5. The van der Waals surface area contributed by atoms with Gasteiger partial charge in [0.1, 0.15) is 5.82 Å². The lowest BCUT2D eigenvalue weighted by Crippen LogP contribution is -2.20. The van der Waals surface area contributed by atoms with Gasteiger partial charge in [-0.15, -0.1) is 0 Å². The molecule has 0 saturated heterocycles. The lowest BCUT2D eigenvalue weighted by Gasteiger charge is -2.14. The molecule has 0 spiro atoms. The topological polar surface area (TPSA) is 82.5 Å².